The highest BCUT2D eigenvalue weighted by molar-refractivity contribution is 7.78. The van der Waals surface area contributed by atoms with Gasteiger partial charge < -0.3 is 0 Å². The van der Waals surface area contributed by atoms with E-state index in [1.165, 1.54) is 5.56 Å². The fourth-order valence-electron chi connectivity index (χ4n) is 1.49. The van der Waals surface area contributed by atoms with Crippen molar-refractivity contribution in [3.8, 4) is 11.4 Å². The summed E-state index contributed by atoms with van der Waals surface area (Å²) in [4.78, 5) is 12.6. The molecule has 0 aliphatic rings. The third-order valence-electron chi connectivity index (χ3n) is 2.31. The average Bonchev–Trinajstić information content (AvgIpc) is 2.29. The van der Waals surface area contributed by atoms with Gasteiger partial charge in [-0.05, 0) is 26.1 Å². The lowest BCUT2D eigenvalue weighted by molar-refractivity contribution is 1.10. The van der Waals surface area contributed by atoms with Crippen LogP contribution < -0.4 is 0 Å². The molecule has 3 nitrogen and oxygen atoms in total. The maximum Gasteiger partial charge on any atom is 0.166 e. The minimum Gasteiger partial charge on any atom is -0.233 e. The lowest BCUT2D eigenvalue weighted by atomic mass is 10.1. The van der Waals surface area contributed by atoms with Gasteiger partial charge in [0.2, 0.25) is 0 Å². The number of nitrogens with zero attached hydrogens (tertiary/aromatic N) is 3. The van der Waals surface area contributed by atoms with Crippen molar-refractivity contribution in [1.29, 1.82) is 0 Å². The first-order valence-corrected chi connectivity index (χ1v) is 5.60. The quantitative estimate of drug-likeness (QED) is 0.596. The minimum atomic E-state index is 0.545. The summed E-state index contributed by atoms with van der Waals surface area (Å²) in [5, 5.41) is 2.32. The van der Waals surface area contributed by atoms with Crippen LogP contribution in [0.25, 0.3) is 11.4 Å². The van der Waals surface area contributed by atoms with E-state index in [0.29, 0.717) is 11.6 Å². The first-order valence-electron chi connectivity index (χ1n) is 5.19. The van der Waals surface area contributed by atoms with Gasteiger partial charge in [-0.25, -0.2) is 9.97 Å². The Morgan fingerprint density at radius 2 is 1.82 bits per heavy atom. The van der Waals surface area contributed by atoms with Crippen molar-refractivity contribution >= 4 is 23.2 Å². The minimum absolute atomic E-state index is 0.545. The third kappa shape index (κ3) is 2.81. The molecule has 4 heteroatoms. The van der Waals surface area contributed by atoms with Crippen LogP contribution in [0.1, 0.15) is 11.3 Å². The molecular weight excluding hydrogens is 230 g/mol. The maximum atomic E-state index is 4.58. The molecule has 0 bridgehead atoms. The van der Waals surface area contributed by atoms with Crippen molar-refractivity contribution in [2.45, 2.75) is 13.8 Å². The van der Waals surface area contributed by atoms with Crippen LogP contribution in [0.3, 0.4) is 0 Å². The molecule has 84 valence electrons. The zero-order valence-electron chi connectivity index (χ0n) is 9.64. The number of aliphatic imine (C=N–C) groups is 1. The van der Waals surface area contributed by atoms with Gasteiger partial charge in [-0.1, -0.05) is 29.8 Å². The van der Waals surface area contributed by atoms with Crippen molar-refractivity contribution in [3.63, 3.8) is 0 Å². The first kappa shape index (κ1) is 11.6. The highest BCUT2D eigenvalue weighted by atomic mass is 32.1. The average molecular weight is 241 g/mol. The standard InChI is InChI=1S/C13H11N3S/c1-9-3-5-11(6-4-9)13-15-10(2)7-12(16-13)14-8-17/h3-7H,1-2H3. The molecule has 2 aromatic rings. The van der Waals surface area contributed by atoms with Crippen molar-refractivity contribution in [1.82, 2.24) is 9.97 Å². The van der Waals surface area contributed by atoms with E-state index >= 15 is 0 Å². The summed E-state index contributed by atoms with van der Waals surface area (Å²) < 4.78 is 0. The van der Waals surface area contributed by atoms with Crippen LogP contribution in [0.5, 0.6) is 0 Å². The number of hydrogen-bond donors (Lipinski definition) is 0. The molecule has 0 aliphatic carbocycles. The fraction of sp³-hybridized carbons (Fsp3) is 0.154. The number of rotatable bonds is 2. The zero-order valence-corrected chi connectivity index (χ0v) is 10.5. The number of benzene rings is 1. The van der Waals surface area contributed by atoms with E-state index in [0.717, 1.165) is 11.3 Å². The van der Waals surface area contributed by atoms with Crippen molar-refractivity contribution in [3.05, 3.63) is 41.6 Å². The van der Waals surface area contributed by atoms with E-state index in [9.17, 15) is 0 Å². The van der Waals surface area contributed by atoms with Crippen molar-refractivity contribution in [2.75, 3.05) is 0 Å². The Bertz CT molecular complexity index is 584. The summed E-state index contributed by atoms with van der Waals surface area (Å²) in [6.07, 6.45) is 0. The van der Waals surface area contributed by atoms with E-state index in [4.69, 9.17) is 0 Å². The summed E-state index contributed by atoms with van der Waals surface area (Å²) in [6.45, 7) is 3.95. The van der Waals surface area contributed by atoms with Gasteiger partial charge in [0.25, 0.3) is 0 Å². The molecule has 0 N–H and O–H groups in total. The molecule has 0 amide bonds. The van der Waals surface area contributed by atoms with Crippen LogP contribution in [-0.4, -0.2) is 15.1 Å². The van der Waals surface area contributed by atoms with Gasteiger partial charge in [0, 0.05) is 17.3 Å². The largest absolute Gasteiger partial charge is 0.233 e. The molecule has 1 aromatic heterocycles. The molecular formula is C13H11N3S. The summed E-state index contributed by atoms with van der Waals surface area (Å²) in [5.41, 5.74) is 3.04. The van der Waals surface area contributed by atoms with Gasteiger partial charge in [0.1, 0.15) is 0 Å². The fourth-order valence-corrected chi connectivity index (χ4v) is 1.58. The van der Waals surface area contributed by atoms with Gasteiger partial charge >= 0.3 is 0 Å². The van der Waals surface area contributed by atoms with Gasteiger partial charge in [-0.3, -0.25) is 0 Å². The summed E-state index contributed by atoms with van der Waals surface area (Å²) >= 11 is 4.58. The van der Waals surface area contributed by atoms with E-state index in [2.05, 4.69) is 32.3 Å². The van der Waals surface area contributed by atoms with Crippen molar-refractivity contribution in [2.24, 2.45) is 4.99 Å². The highest BCUT2D eigenvalue weighted by Crippen LogP contribution is 2.19. The smallest absolute Gasteiger partial charge is 0.166 e. The molecule has 0 fully saturated rings. The Morgan fingerprint density at radius 1 is 1.12 bits per heavy atom. The lowest BCUT2D eigenvalue weighted by Crippen LogP contribution is -1.91. The van der Waals surface area contributed by atoms with Crippen LogP contribution in [0.15, 0.2) is 35.3 Å². The molecule has 0 saturated heterocycles. The molecule has 2 rings (SSSR count). The SMILES string of the molecule is Cc1ccc(-c2nc(C)cc(N=C=S)n2)cc1. The number of hydrogen-bond acceptors (Lipinski definition) is 4. The Kier molecular flexibility index (Phi) is 3.38. The topological polar surface area (TPSA) is 38.1 Å². The Hall–Kier alpha value is -1.90. The maximum absolute atomic E-state index is 4.58. The van der Waals surface area contributed by atoms with Crippen LogP contribution in [0.4, 0.5) is 5.82 Å². The second kappa shape index (κ2) is 4.95. The summed E-state index contributed by atoms with van der Waals surface area (Å²) in [7, 11) is 0. The van der Waals surface area contributed by atoms with Gasteiger partial charge in [0.15, 0.2) is 11.6 Å². The number of aromatic nitrogens is 2. The number of thiocarbonyl (C=S) groups is 1. The predicted octanol–water partition coefficient (Wildman–Crippen LogP) is 3.49. The van der Waals surface area contributed by atoms with Crippen LogP contribution in [0, 0.1) is 13.8 Å². The first-order chi connectivity index (χ1) is 8.19. The predicted molar refractivity (Wildman–Crippen MR) is 71.6 cm³/mol. The van der Waals surface area contributed by atoms with E-state index in [1.807, 2.05) is 38.1 Å². The molecule has 1 heterocycles. The molecule has 1 aromatic carbocycles. The molecule has 0 atom stereocenters. The van der Waals surface area contributed by atoms with Crippen molar-refractivity contribution < 1.29 is 0 Å². The normalized spacial score (nSPS) is 9.76. The molecule has 0 radical (unpaired) electrons. The number of aryl methyl sites for hydroxylation is 2. The molecule has 0 saturated carbocycles. The monoisotopic (exact) mass is 241 g/mol. The second-order valence-corrected chi connectivity index (χ2v) is 3.94. The lowest BCUT2D eigenvalue weighted by Gasteiger charge is -2.03. The zero-order chi connectivity index (χ0) is 12.3. The van der Waals surface area contributed by atoms with E-state index in [-0.39, 0.29) is 0 Å². The summed E-state index contributed by atoms with van der Waals surface area (Å²) in [6, 6.07) is 9.83. The molecule has 17 heavy (non-hydrogen) atoms. The molecule has 0 aliphatic heterocycles. The Labute approximate surface area is 105 Å². The van der Waals surface area contributed by atoms with Gasteiger partial charge in [-0.15, -0.1) is 0 Å². The molecule has 0 unspecified atom stereocenters. The van der Waals surface area contributed by atoms with E-state index < -0.39 is 0 Å². The van der Waals surface area contributed by atoms with Gasteiger partial charge in [0.05, 0.1) is 5.16 Å². The third-order valence-corrected chi connectivity index (χ3v) is 2.40. The van der Waals surface area contributed by atoms with E-state index in [1.54, 1.807) is 6.07 Å². The number of isothiocyanates is 1. The Morgan fingerprint density at radius 3 is 2.47 bits per heavy atom. The summed E-state index contributed by atoms with van der Waals surface area (Å²) in [5.74, 6) is 1.21. The van der Waals surface area contributed by atoms with Gasteiger partial charge in [-0.2, -0.15) is 4.99 Å². The van der Waals surface area contributed by atoms with Crippen LogP contribution >= 0.6 is 12.2 Å². The van der Waals surface area contributed by atoms with Crippen LogP contribution in [-0.2, 0) is 0 Å². The Balaban J connectivity index is 2.51. The van der Waals surface area contributed by atoms with Crippen LogP contribution in [0.2, 0.25) is 0 Å². The second-order valence-electron chi connectivity index (χ2n) is 3.76. The highest BCUT2D eigenvalue weighted by Gasteiger charge is 2.03. The molecule has 0 spiro atoms.